The van der Waals surface area contributed by atoms with Gasteiger partial charge in [-0.3, -0.25) is 4.79 Å². The number of ether oxygens (including phenoxy) is 1. The minimum absolute atomic E-state index is 0.0196. The van der Waals surface area contributed by atoms with E-state index < -0.39 is 0 Å². The molecule has 2 aromatic carbocycles. The molecule has 0 aliphatic carbocycles. The highest BCUT2D eigenvalue weighted by Crippen LogP contribution is 2.21. The second-order valence-electron chi connectivity index (χ2n) is 7.13. The van der Waals surface area contributed by atoms with Crippen LogP contribution in [0.3, 0.4) is 0 Å². The van der Waals surface area contributed by atoms with Gasteiger partial charge in [-0.1, -0.05) is 30.3 Å². The van der Waals surface area contributed by atoms with Crippen LogP contribution in [0.2, 0.25) is 0 Å². The molecule has 5 nitrogen and oxygen atoms in total. The van der Waals surface area contributed by atoms with E-state index in [1.807, 2.05) is 80.9 Å². The summed E-state index contributed by atoms with van der Waals surface area (Å²) >= 11 is 0. The minimum Gasteiger partial charge on any atom is -0.483 e. The fourth-order valence-corrected chi connectivity index (χ4v) is 3.18. The summed E-state index contributed by atoms with van der Waals surface area (Å²) in [7, 11) is 1.80. The van der Waals surface area contributed by atoms with Crippen LogP contribution in [0.25, 0.3) is 5.69 Å². The lowest BCUT2D eigenvalue weighted by Crippen LogP contribution is -2.31. The maximum absolute atomic E-state index is 12.6. The van der Waals surface area contributed by atoms with Crippen LogP contribution in [0.15, 0.2) is 48.5 Å². The number of rotatable bonds is 6. The Labute approximate surface area is 166 Å². The van der Waals surface area contributed by atoms with E-state index in [0.29, 0.717) is 6.54 Å². The number of hydrogen-bond donors (Lipinski definition) is 0. The fraction of sp³-hybridized carbons (Fsp3) is 0.304. The van der Waals surface area contributed by atoms with Gasteiger partial charge in [-0.15, -0.1) is 0 Å². The van der Waals surface area contributed by atoms with E-state index in [-0.39, 0.29) is 12.5 Å². The van der Waals surface area contributed by atoms with Gasteiger partial charge >= 0.3 is 0 Å². The third-order valence-electron chi connectivity index (χ3n) is 5.17. The van der Waals surface area contributed by atoms with Gasteiger partial charge in [0.1, 0.15) is 5.75 Å². The maximum Gasteiger partial charge on any atom is 0.260 e. The van der Waals surface area contributed by atoms with Crippen LogP contribution in [0, 0.1) is 27.7 Å². The topological polar surface area (TPSA) is 47.4 Å². The summed E-state index contributed by atoms with van der Waals surface area (Å²) in [5, 5.41) is 4.66. The lowest BCUT2D eigenvalue weighted by atomic mass is 10.1. The SMILES string of the molecule is Cc1cccc(OCC(=O)N(C)Cc2c(C)nn(-c3ccccc3)c2C)c1C. The molecular formula is C23H27N3O2. The van der Waals surface area contributed by atoms with Crippen molar-refractivity contribution in [3.8, 4) is 11.4 Å². The van der Waals surface area contributed by atoms with E-state index in [4.69, 9.17) is 4.74 Å². The summed E-state index contributed by atoms with van der Waals surface area (Å²) < 4.78 is 7.69. The summed E-state index contributed by atoms with van der Waals surface area (Å²) in [5.74, 6) is 0.693. The number of hydrogen-bond acceptors (Lipinski definition) is 3. The van der Waals surface area contributed by atoms with Crippen molar-refractivity contribution in [2.24, 2.45) is 0 Å². The molecule has 0 saturated heterocycles. The second kappa shape index (κ2) is 8.30. The van der Waals surface area contributed by atoms with Crippen LogP contribution in [0.4, 0.5) is 0 Å². The number of para-hydroxylation sites is 1. The first-order chi connectivity index (χ1) is 13.4. The molecule has 146 valence electrons. The molecule has 0 unspecified atom stereocenters. The van der Waals surface area contributed by atoms with E-state index in [0.717, 1.165) is 39.5 Å². The van der Waals surface area contributed by atoms with Crippen molar-refractivity contribution in [1.29, 1.82) is 0 Å². The predicted molar refractivity (Wildman–Crippen MR) is 111 cm³/mol. The largest absolute Gasteiger partial charge is 0.483 e. The Hall–Kier alpha value is -3.08. The molecule has 28 heavy (non-hydrogen) atoms. The number of likely N-dealkylation sites (N-methyl/N-ethyl adjacent to an activating group) is 1. The van der Waals surface area contributed by atoms with E-state index in [2.05, 4.69) is 5.10 Å². The molecule has 0 aliphatic heterocycles. The molecule has 3 aromatic rings. The third kappa shape index (κ3) is 4.09. The van der Waals surface area contributed by atoms with Crippen molar-refractivity contribution in [2.75, 3.05) is 13.7 Å². The average molecular weight is 377 g/mol. The van der Waals surface area contributed by atoms with Crippen LogP contribution in [0.5, 0.6) is 5.75 Å². The molecule has 1 heterocycles. The number of aryl methyl sites for hydroxylation is 2. The van der Waals surface area contributed by atoms with Crippen LogP contribution in [0.1, 0.15) is 28.1 Å². The number of carbonyl (C=O) groups is 1. The summed E-state index contributed by atoms with van der Waals surface area (Å²) in [6.45, 7) is 8.57. The molecule has 0 spiro atoms. The molecule has 0 radical (unpaired) electrons. The van der Waals surface area contributed by atoms with E-state index >= 15 is 0 Å². The molecule has 1 amide bonds. The molecule has 1 aromatic heterocycles. The van der Waals surface area contributed by atoms with Gasteiger partial charge in [0.2, 0.25) is 0 Å². The first kappa shape index (κ1) is 19.7. The summed E-state index contributed by atoms with van der Waals surface area (Å²) in [6.07, 6.45) is 0. The zero-order valence-electron chi connectivity index (χ0n) is 17.2. The number of benzene rings is 2. The van der Waals surface area contributed by atoms with Crippen LogP contribution >= 0.6 is 0 Å². The molecule has 0 fully saturated rings. The van der Waals surface area contributed by atoms with Crippen molar-refractivity contribution in [3.05, 3.63) is 76.6 Å². The van der Waals surface area contributed by atoms with Crippen molar-refractivity contribution in [1.82, 2.24) is 14.7 Å². The van der Waals surface area contributed by atoms with Crippen LogP contribution < -0.4 is 4.74 Å². The zero-order valence-corrected chi connectivity index (χ0v) is 17.2. The minimum atomic E-state index is -0.0628. The van der Waals surface area contributed by atoms with Crippen molar-refractivity contribution < 1.29 is 9.53 Å². The van der Waals surface area contributed by atoms with Crippen LogP contribution in [-0.2, 0) is 11.3 Å². The normalized spacial score (nSPS) is 10.8. The van der Waals surface area contributed by atoms with Gasteiger partial charge < -0.3 is 9.64 Å². The highest BCUT2D eigenvalue weighted by Gasteiger charge is 2.18. The van der Waals surface area contributed by atoms with Crippen molar-refractivity contribution in [3.63, 3.8) is 0 Å². The molecule has 0 atom stereocenters. The first-order valence-corrected chi connectivity index (χ1v) is 9.42. The van der Waals surface area contributed by atoms with Crippen molar-refractivity contribution in [2.45, 2.75) is 34.2 Å². The maximum atomic E-state index is 12.6. The lowest BCUT2D eigenvalue weighted by molar-refractivity contribution is -0.132. The summed E-state index contributed by atoms with van der Waals surface area (Å²) in [4.78, 5) is 14.3. The molecule has 5 heteroatoms. The van der Waals surface area contributed by atoms with Gasteiger partial charge in [-0.05, 0) is 57.0 Å². The molecular weight excluding hydrogens is 350 g/mol. The second-order valence-corrected chi connectivity index (χ2v) is 7.13. The van der Waals surface area contributed by atoms with E-state index in [9.17, 15) is 4.79 Å². The third-order valence-corrected chi connectivity index (χ3v) is 5.17. The molecule has 0 aliphatic rings. The Morgan fingerprint density at radius 1 is 1.04 bits per heavy atom. The number of amides is 1. The van der Waals surface area contributed by atoms with Gasteiger partial charge in [0.15, 0.2) is 6.61 Å². The number of carbonyl (C=O) groups excluding carboxylic acids is 1. The van der Waals surface area contributed by atoms with Crippen LogP contribution in [-0.4, -0.2) is 34.2 Å². The summed E-state index contributed by atoms with van der Waals surface area (Å²) in [6, 6.07) is 15.9. The molecule has 0 saturated carbocycles. The Bertz CT molecular complexity index is 977. The number of nitrogens with zero attached hydrogens (tertiary/aromatic N) is 3. The van der Waals surface area contributed by atoms with Gasteiger partial charge in [0.25, 0.3) is 5.91 Å². The average Bonchev–Trinajstić information content (AvgIpc) is 2.97. The molecule has 3 rings (SSSR count). The quantitative estimate of drug-likeness (QED) is 0.648. The highest BCUT2D eigenvalue weighted by molar-refractivity contribution is 5.77. The summed E-state index contributed by atoms with van der Waals surface area (Å²) in [5.41, 5.74) is 6.26. The van der Waals surface area contributed by atoms with Crippen molar-refractivity contribution >= 4 is 5.91 Å². The Kier molecular flexibility index (Phi) is 5.83. The Morgan fingerprint density at radius 3 is 2.46 bits per heavy atom. The van der Waals surface area contributed by atoms with Gasteiger partial charge in [-0.25, -0.2) is 4.68 Å². The van der Waals surface area contributed by atoms with Gasteiger partial charge in [0, 0.05) is 24.8 Å². The Balaban J connectivity index is 1.69. The van der Waals surface area contributed by atoms with Gasteiger partial charge in [0.05, 0.1) is 11.4 Å². The monoisotopic (exact) mass is 377 g/mol. The van der Waals surface area contributed by atoms with E-state index in [1.54, 1.807) is 11.9 Å². The van der Waals surface area contributed by atoms with E-state index in [1.165, 1.54) is 0 Å². The number of aromatic nitrogens is 2. The lowest BCUT2D eigenvalue weighted by Gasteiger charge is -2.18. The Morgan fingerprint density at radius 2 is 1.75 bits per heavy atom. The standard InChI is InChI=1S/C23H27N3O2/c1-16-10-9-13-22(17(16)2)28-15-23(27)25(5)14-21-18(3)24-26(19(21)4)20-11-7-6-8-12-20/h6-13H,14-15H2,1-5H3. The first-order valence-electron chi connectivity index (χ1n) is 9.42. The predicted octanol–water partition coefficient (Wildman–Crippen LogP) is 4.14. The highest BCUT2D eigenvalue weighted by atomic mass is 16.5. The smallest absolute Gasteiger partial charge is 0.260 e. The van der Waals surface area contributed by atoms with Gasteiger partial charge in [-0.2, -0.15) is 5.10 Å². The zero-order chi connectivity index (χ0) is 20.3. The molecule has 0 bridgehead atoms. The molecule has 0 N–H and O–H groups in total. The fourth-order valence-electron chi connectivity index (χ4n) is 3.18.